The first-order chi connectivity index (χ1) is 15.6. The summed E-state index contributed by atoms with van der Waals surface area (Å²) in [6.07, 6.45) is 0.170. The molecule has 1 atom stereocenters. The first-order valence-corrected chi connectivity index (χ1v) is 10.8. The van der Waals surface area contributed by atoms with Crippen molar-refractivity contribution in [2.24, 2.45) is 0 Å². The number of fused-ring (bicyclic) bond motifs is 1. The number of rotatable bonds is 4. The Hall–Kier alpha value is -3.81. The molecule has 2 N–H and O–H groups in total. The van der Waals surface area contributed by atoms with Crippen LogP contribution in [0.25, 0.3) is 0 Å². The Morgan fingerprint density at radius 1 is 1.03 bits per heavy atom. The molecule has 5 amide bonds. The van der Waals surface area contributed by atoms with E-state index in [1.54, 1.807) is 18.2 Å². The first kappa shape index (κ1) is 22.4. The summed E-state index contributed by atoms with van der Waals surface area (Å²) in [6.45, 7) is 6.29. The Labute approximate surface area is 191 Å². The highest BCUT2D eigenvalue weighted by molar-refractivity contribution is 6.23. The molecule has 8 nitrogen and oxygen atoms in total. The van der Waals surface area contributed by atoms with Crippen LogP contribution >= 0.6 is 0 Å². The summed E-state index contributed by atoms with van der Waals surface area (Å²) in [5.41, 5.74) is 2.36. The monoisotopic (exact) mass is 447 g/mol. The van der Waals surface area contributed by atoms with E-state index in [4.69, 9.17) is 0 Å². The zero-order chi connectivity index (χ0) is 23.9. The van der Waals surface area contributed by atoms with Crippen molar-refractivity contribution in [1.82, 2.24) is 15.5 Å². The number of hydrogen-bond donors (Lipinski definition) is 2. The molecule has 0 aromatic heterocycles. The van der Waals surface area contributed by atoms with E-state index in [1.165, 1.54) is 6.07 Å². The fraction of sp³-hybridized carbons (Fsp3) is 0.320. The molecule has 1 fully saturated rings. The molecule has 1 unspecified atom stereocenters. The summed E-state index contributed by atoms with van der Waals surface area (Å²) in [4.78, 5) is 63.1. The Kier molecular flexibility index (Phi) is 5.61. The zero-order valence-corrected chi connectivity index (χ0v) is 18.7. The summed E-state index contributed by atoms with van der Waals surface area (Å²) in [5.74, 6) is -2.42. The van der Waals surface area contributed by atoms with Crippen molar-refractivity contribution in [3.8, 4) is 0 Å². The number of imide groups is 2. The van der Waals surface area contributed by atoms with Gasteiger partial charge in [0.1, 0.15) is 6.04 Å². The van der Waals surface area contributed by atoms with Gasteiger partial charge in [-0.15, -0.1) is 0 Å². The molecular weight excluding hydrogens is 422 g/mol. The smallest absolute Gasteiger partial charge is 0.262 e. The van der Waals surface area contributed by atoms with Gasteiger partial charge in [-0.25, -0.2) is 0 Å². The second kappa shape index (κ2) is 8.27. The average Bonchev–Trinajstić information content (AvgIpc) is 3.01. The highest BCUT2D eigenvalue weighted by Gasteiger charge is 2.44. The van der Waals surface area contributed by atoms with Gasteiger partial charge in [-0.1, -0.05) is 45.0 Å². The zero-order valence-electron chi connectivity index (χ0n) is 18.7. The largest absolute Gasteiger partial charge is 0.348 e. The van der Waals surface area contributed by atoms with Gasteiger partial charge in [0.05, 0.1) is 11.1 Å². The Morgan fingerprint density at radius 3 is 2.42 bits per heavy atom. The number of hydrogen-bond acceptors (Lipinski definition) is 5. The molecule has 2 heterocycles. The molecule has 1 saturated heterocycles. The van der Waals surface area contributed by atoms with Crippen molar-refractivity contribution in [3.05, 3.63) is 70.3 Å². The minimum Gasteiger partial charge on any atom is -0.348 e. The standard InChI is InChI=1S/C25H25N3O5/c1-25(2,3)18-7-5-4-6-16(18)21(30)26-13-14-8-9-15-17(12-14)24(33)28(23(15)32)19-10-11-20(29)27-22(19)31/h4-9,12,19H,10-11,13H2,1-3H3,(H,26,30)(H,27,29,31). The number of nitrogens with zero attached hydrogens (tertiary/aromatic N) is 1. The van der Waals surface area contributed by atoms with E-state index in [0.29, 0.717) is 11.1 Å². The normalized spacial score (nSPS) is 18.3. The maximum Gasteiger partial charge on any atom is 0.262 e. The van der Waals surface area contributed by atoms with Gasteiger partial charge < -0.3 is 5.32 Å². The molecule has 0 saturated carbocycles. The van der Waals surface area contributed by atoms with Crippen molar-refractivity contribution < 1.29 is 24.0 Å². The van der Waals surface area contributed by atoms with Crippen LogP contribution in [0.15, 0.2) is 42.5 Å². The molecule has 33 heavy (non-hydrogen) atoms. The van der Waals surface area contributed by atoms with Crippen molar-refractivity contribution in [2.75, 3.05) is 0 Å². The van der Waals surface area contributed by atoms with E-state index in [-0.39, 0.29) is 41.8 Å². The van der Waals surface area contributed by atoms with Gasteiger partial charge in [-0.3, -0.25) is 34.2 Å². The van der Waals surface area contributed by atoms with Crippen molar-refractivity contribution in [1.29, 1.82) is 0 Å². The Bertz CT molecular complexity index is 1190. The van der Waals surface area contributed by atoms with Gasteiger partial charge in [0, 0.05) is 18.5 Å². The molecule has 0 aliphatic carbocycles. The number of amides is 5. The molecule has 0 bridgehead atoms. The quantitative estimate of drug-likeness (QED) is 0.699. The van der Waals surface area contributed by atoms with E-state index < -0.39 is 29.7 Å². The Balaban J connectivity index is 1.51. The lowest BCUT2D eigenvalue weighted by Crippen LogP contribution is -2.54. The minimum absolute atomic E-state index is 0.0666. The van der Waals surface area contributed by atoms with Gasteiger partial charge in [-0.2, -0.15) is 0 Å². The molecule has 8 heteroatoms. The van der Waals surface area contributed by atoms with E-state index in [1.807, 2.05) is 39.0 Å². The highest BCUT2D eigenvalue weighted by Crippen LogP contribution is 2.29. The van der Waals surface area contributed by atoms with Gasteiger partial charge in [-0.05, 0) is 41.2 Å². The fourth-order valence-corrected chi connectivity index (χ4v) is 4.24. The number of carbonyl (C=O) groups is 5. The van der Waals surface area contributed by atoms with Crippen LogP contribution in [0.2, 0.25) is 0 Å². The fourth-order valence-electron chi connectivity index (χ4n) is 4.24. The van der Waals surface area contributed by atoms with Crippen molar-refractivity contribution in [2.45, 2.75) is 51.6 Å². The van der Waals surface area contributed by atoms with Crippen LogP contribution in [-0.2, 0) is 21.5 Å². The van der Waals surface area contributed by atoms with Crippen molar-refractivity contribution >= 4 is 29.5 Å². The van der Waals surface area contributed by atoms with Crippen LogP contribution in [-0.4, -0.2) is 40.5 Å². The third kappa shape index (κ3) is 4.16. The van der Waals surface area contributed by atoms with Gasteiger partial charge in [0.25, 0.3) is 17.7 Å². The molecule has 170 valence electrons. The van der Waals surface area contributed by atoms with Crippen LogP contribution in [0.5, 0.6) is 0 Å². The Morgan fingerprint density at radius 2 is 1.73 bits per heavy atom. The molecular formula is C25H25N3O5. The number of piperidine rings is 1. The van der Waals surface area contributed by atoms with E-state index >= 15 is 0 Å². The molecule has 2 aromatic rings. The second-order valence-corrected chi connectivity index (χ2v) is 9.31. The molecule has 2 aromatic carbocycles. The predicted octanol–water partition coefficient (Wildman–Crippen LogP) is 2.32. The summed E-state index contributed by atoms with van der Waals surface area (Å²) in [5, 5.41) is 5.06. The molecule has 0 spiro atoms. The third-order valence-electron chi connectivity index (χ3n) is 5.94. The molecule has 4 rings (SSSR count). The predicted molar refractivity (Wildman–Crippen MR) is 119 cm³/mol. The second-order valence-electron chi connectivity index (χ2n) is 9.31. The summed E-state index contributed by atoms with van der Waals surface area (Å²) < 4.78 is 0. The van der Waals surface area contributed by atoms with E-state index in [0.717, 1.165) is 10.5 Å². The van der Waals surface area contributed by atoms with Gasteiger partial charge >= 0.3 is 0 Å². The average molecular weight is 447 g/mol. The highest BCUT2D eigenvalue weighted by atomic mass is 16.2. The van der Waals surface area contributed by atoms with Crippen molar-refractivity contribution in [3.63, 3.8) is 0 Å². The number of benzene rings is 2. The molecule has 0 radical (unpaired) electrons. The SMILES string of the molecule is CC(C)(C)c1ccccc1C(=O)NCc1ccc2c(c1)C(=O)N(C1CCC(=O)NC1=O)C2=O. The van der Waals surface area contributed by atoms with Gasteiger partial charge in [0.2, 0.25) is 11.8 Å². The summed E-state index contributed by atoms with van der Waals surface area (Å²) >= 11 is 0. The topological polar surface area (TPSA) is 113 Å². The maximum absolute atomic E-state index is 13.0. The third-order valence-corrected chi connectivity index (χ3v) is 5.94. The lowest BCUT2D eigenvalue weighted by atomic mass is 9.83. The molecule has 2 aliphatic rings. The molecule has 2 aliphatic heterocycles. The maximum atomic E-state index is 13.0. The number of carbonyl (C=O) groups excluding carboxylic acids is 5. The number of nitrogens with one attached hydrogen (secondary N) is 2. The first-order valence-electron chi connectivity index (χ1n) is 10.8. The summed E-state index contributed by atoms with van der Waals surface area (Å²) in [6, 6.07) is 11.2. The van der Waals surface area contributed by atoms with Crippen LogP contribution in [0.1, 0.15) is 75.8 Å². The van der Waals surface area contributed by atoms with E-state index in [9.17, 15) is 24.0 Å². The van der Waals surface area contributed by atoms with E-state index in [2.05, 4.69) is 10.6 Å². The minimum atomic E-state index is -1.01. The lowest BCUT2D eigenvalue weighted by molar-refractivity contribution is -0.136. The van der Waals surface area contributed by atoms with Gasteiger partial charge in [0.15, 0.2) is 0 Å². The van der Waals surface area contributed by atoms with Crippen LogP contribution < -0.4 is 10.6 Å². The van der Waals surface area contributed by atoms with Crippen LogP contribution in [0.4, 0.5) is 0 Å². The lowest BCUT2D eigenvalue weighted by Gasteiger charge is -2.27. The van der Waals surface area contributed by atoms with Crippen LogP contribution in [0, 0.1) is 0 Å². The van der Waals surface area contributed by atoms with Crippen LogP contribution in [0.3, 0.4) is 0 Å². The summed E-state index contributed by atoms with van der Waals surface area (Å²) in [7, 11) is 0.